The van der Waals surface area contributed by atoms with Crippen molar-refractivity contribution < 1.29 is 14.7 Å². The lowest BCUT2D eigenvalue weighted by atomic mass is 10.1. The highest BCUT2D eigenvalue weighted by atomic mass is 35.5. The number of hydrogen-bond acceptors (Lipinski definition) is 2. The summed E-state index contributed by atoms with van der Waals surface area (Å²) in [5, 5.41) is 9.11. The van der Waals surface area contributed by atoms with Crippen LogP contribution in [0.1, 0.15) is 17.5 Å². The molecule has 0 fully saturated rings. The standard InChI is InChI=1S/C12H12ClNO3/c13-10-5-4-8(2-1-3-11(14)15)6-9(10)7-12(16)17/h1-2,4-6H,3,7H2,(H2,14,15)(H,16,17). The Bertz CT molecular complexity index is 469. The highest BCUT2D eigenvalue weighted by molar-refractivity contribution is 6.31. The molecule has 90 valence electrons. The van der Waals surface area contributed by atoms with Gasteiger partial charge in [-0.1, -0.05) is 29.8 Å². The molecule has 0 bridgehead atoms. The third kappa shape index (κ3) is 4.70. The summed E-state index contributed by atoms with van der Waals surface area (Å²) in [6.07, 6.45) is 3.34. The lowest BCUT2D eigenvalue weighted by Crippen LogP contribution is -2.07. The van der Waals surface area contributed by atoms with Crippen LogP contribution in [-0.4, -0.2) is 17.0 Å². The van der Waals surface area contributed by atoms with E-state index in [1.165, 1.54) is 0 Å². The second-order valence-corrected chi connectivity index (χ2v) is 3.90. The van der Waals surface area contributed by atoms with Gasteiger partial charge in [0.25, 0.3) is 0 Å². The van der Waals surface area contributed by atoms with Crippen LogP contribution in [0.15, 0.2) is 24.3 Å². The molecule has 17 heavy (non-hydrogen) atoms. The van der Waals surface area contributed by atoms with Crippen LogP contribution in [0.4, 0.5) is 0 Å². The molecular formula is C12H12ClNO3. The van der Waals surface area contributed by atoms with Crippen LogP contribution in [0.3, 0.4) is 0 Å². The molecule has 4 nitrogen and oxygen atoms in total. The van der Waals surface area contributed by atoms with Crippen molar-refractivity contribution in [1.29, 1.82) is 0 Å². The van der Waals surface area contributed by atoms with Crippen molar-refractivity contribution in [2.45, 2.75) is 12.8 Å². The summed E-state index contributed by atoms with van der Waals surface area (Å²) in [6, 6.07) is 5.04. The minimum absolute atomic E-state index is 0.129. The van der Waals surface area contributed by atoms with Crippen molar-refractivity contribution >= 4 is 29.6 Å². The number of primary amides is 1. The minimum Gasteiger partial charge on any atom is -0.481 e. The van der Waals surface area contributed by atoms with Crippen LogP contribution in [-0.2, 0) is 16.0 Å². The average Bonchev–Trinajstić information content (AvgIpc) is 2.21. The van der Waals surface area contributed by atoms with Gasteiger partial charge in [0.2, 0.25) is 5.91 Å². The monoisotopic (exact) mass is 253 g/mol. The summed E-state index contributed by atoms with van der Waals surface area (Å²) >= 11 is 5.86. The zero-order chi connectivity index (χ0) is 12.8. The molecule has 0 saturated heterocycles. The summed E-state index contributed by atoms with van der Waals surface area (Å²) < 4.78 is 0. The van der Waals surface area contributed by atoms with Crippen molar-refractivity contribution in [1.82, 2.24) is 0 Å². The maximum Gasteiger partial charge on any atom is 0.307 e. The van der Waals surface area contributed by atoms with Gasteiger partial charge in [-0.15, -0.1) is 0 Å². The van der Waals surface area contributed by atoms with Gasteiger partial charge in [0.05, 0.1) is 6.42 Å². The van der Waals surface area contributed by atoms with Crippen LogP contribution in [0.2, 0.25) is 5.02 Å². The van der Waals surface area contributed by atoms with Gasteiger partial charge in [0.15, 0.2) is 0 Å². The first kappa shape index (κ1) is 13.3. The zero-order valence-electron chi connectivity index (χ0n) is 9.02. The van der Waals surface area contributed by atoms with Crippen molar-refractivity contribution in [3.8, 4) is 0 Å². The number of amides is 1. The molecule has 0 aliphatic carbocycles. The quantitative estimate of drug-likeness (QED) is 0.840. The van der Waals surface area contributed by atoms with Crippen molar-refractivity contribution in [3.05, 3.63) is 40.4 Å². The Morgan fingerprint density at radius 3 is 2.71 bits per heavy atom. The van der Waals surface area contributed by atoms with E-state index in [0.29, 0.717) is 10.6 Å². The van der Waals surface area contributed by atoms with E-state index in [-0.39, 0.29) is 12.8 Å². The fraction of sp³-hybridized carbons (Fsp3) is 0.167. The van der Waals surface area contributed by atoms with Gasteiger partial charge in [0, 0.05) is 11.4 Å². The smallest absolute Gasteiger partial charge is 0.307 e. The van der Waals surface area contributed by atoms with Crippen LogP contribution in [0.25, 0.3) is 6.08 Å². The number of nitrogens with two attached hydrogens (primary N) is 1. The molecule has 0 spiro atoms. The highest BCUT2D eigenvalue weighted by Gasteiger charge is 2.05. The second-order valence-electron chi connectivity index (χ2n) is 3.49. The third-order valence-corrected chi connectivity index (χ3v) is 2.41. The summed E-state index contributed by atoms with van der Waals surface area (Å²) in [4.78, 5) is 21.1. The molecule has 1 aromatic rings. The fourth-order valence-corrected chi connectivity index (χ4v) is 1.49. The lowest BCUT2D eigenvalue weighted by molar-refractivity contribution is -0.136. The predicted molar refractivity (Wildman–Crippen MR) is 65.6 cm³/mol. The Balaban J connectivity index is 2.84. The molecule has 0 aromatic heterocycles. The molecule has 5 heteroatoms. The molecule has 0 aliphatic rings. The van der Waals surface area contributed by atoms with Gasteiger partial charge in [-0.2, -0.15) is 0 Å². The Morgan fingerprint density at radius 1 is 1.41 bits per heavy atom. The van der Waals surface area contributed by atoms with Gasteiger partial charge < -0.3 is 10.8 Å². The number of carbonyl (C=O) groups is 2. The zero-order valence-corrected chi connectivity index (χ0v) is 9.78. The van der Waals surface area contributed by atoms with Crippen molar-refractivity contribution in [3.63, 3.8) is 0 Å². The lowest BCUT2D eigenvalue weighted by Gasteiger charge is -2.02. The molecule has 0 aliphatic heterocycles. The number of aliphatic carboxylic acids is 1. The number of carboxylic acid groups (broad SMARTS) is 1. The fourth-order valence-electron chi connectivity index (χ4n) is 1.31. The van der Waals surface area contributed by atoms with E-state index in [2.05, 4.69) is 0 Å². The summed E-state index contributed by atoms with van der Waals surface area (Å²) in [6.45, 7) is 0. The van der Waals surface area contributed by atoms with Gasteiger partial charge in [0.1, 0.15) is 0 Å². The molecule has 0 saturated carbocycles. The number of carbonyl (C=O) groups excluding carboxylic acids is 1. The predicted octanol–water partition coefficient (Wildman–Crippen LogP) is 1.86. The maximum atomic E-state index is 10.6. The number of hydrogen-bond donors (Lipinski definition) is 2. The number of benzene rings is 1. The first-order valence-corrected chi connectivity index (χ1v) is 5.32. The Hall–Kier alpha value is -1.81. The van der Waals surface area contributed by atoms with Gasteiger partial charge in [-0.05, 0) is 23.3 Å². The molecule has 0 atom stereocenters. The topological polar surface area (TPSA) is 80.4 Å². The summed E-state index contributed by atoms with van der Waals surface area (Å²) in [5.41, 5.74) is 6.31. The largest absolute Gasteiger partial charge is 0.481 e. The van der Waals surface area contributed by atoms with E-state index in [0.717, 1.165) is 5.56 Å². The van der Waals surface area contributed by atoms with Crippen LogP contribution < -0.4 is 5.73 Å². The Kier molecular flexibility index (Phi) is 4.72. The second kappa shape index (κ2) is 6.06. The number of carboxylic acids is 1. The summed E-state index contributed by atoms with van der Waals surface area (Å²) in [5.74, 6) is -1.36. The van der Waals surface area contributed by atoms with Crippen LogP contribution in [0, 0.1) is 0 Å². The first-order chi connectivity index (χ1) is 7.99. The van der Waals surface area contributed by atoms with Crippen LogP contribution in [0.5, 0.6) is 0 Å². The van der Waals surface area contributed by atoms with Crippen LogP contribution >= 0.6 is 11.6 Å². The van der Waals surface area contributed by atoms with Crippen molar-refractivity contribution in [2.24, 2.45) is 5.73 Å². The van der Waals surface area contributed by atoms with E-state index in [1.807, 2.05) is 0 Å². The van der Waals surface area contributed by atoms with E-state index >= 15 is 0 Å². The highest BCUT2D eigenvalue weighted by Crippen LogP contribution is 2.19. The molecule has 0 unspecified atom stereocenters. The van der Waals surface area contributed by atoms with E-state index in [9.17, 15) is 9.59 Å². The maximum absolute atomic E-state index is 10.6. The first-order valence-electron chi connectivity index (χ1n) is 4.94. The number of halogens is 1. The normalized spacial score (nSPS) is 10.6. The third-order valence-electron chi connectivity index (χ3n) is 2.04. The van der Waals surface area contributed by atoms with Crippen molar-refractivity contribution in [2.75, 3.05) is 0 Å². The van der Waals surface area contributed by atoms with E-state index in [4.69, 9.17) is 22.4 Å². The molecule has 1 rings (SSSR count). The van der Waals surface area contributed by atoms with E-state index < -0.39 is 11.9 Å². The molecular weight excluding hydrogens is 242 g/mol. The molecule has 3 N–H and O–H groups in total. The molecule has 0 radical (unpaired) electrons. The SMILES string of the molecule is NC(=O)CC=Cc1ccc(Cl)c(CC(=O)O)c1. The molecule has 1 aromatic carbocycles. The Labute approximate surface area is 104 Å². The Morgan fingerprint density at radius 2 is 2.12 bits per heavy atom. The average molecular weight is 254 g/mol. The summed E-state index contributed by atoms with van der Waals surface area (Å²) in [7, 11) is 0. The van der Waals surface area contributed by atoms with E-state index in [1.54, 1.807) is 30.4 Å². The minimum atomic E-state index is -0.940. The molecule has 1 amide bonds. The van der Waals surface area contributed by atoms with Gasteiger partial charge in [-0.25, -0.2) is 0 Å². The molecule has 0 heterocycles. The van der Waals surface area contributed by atoms with Gasteiger partial charge in [-0.3, -0.25) is 9.59 Å². The van der Waals surface area contributed by atoms with Gasteiger partial charge >= 0.3 is 5.97 Å². The number of rotatable bonds is 5.